The quantitative estimate of drug-likeness (QED) is 0.0234. The van der Waals surface area contributed by atoms with E-state index in [2.05, 4.69) is 52.9 Å². The monoisotopic (exact) mass is 838 g/mol. The Bertz CT molecular complexity index is 2270. The molecule has 2 aliphatic rings. The fourth-order valence-electron chi connectivity index (χ4n) is 8.29. The highest BCUT2D eigenvalue weighted by Crippen LogP contribution is 2.48. The summed E-state index contributed by atoms with van der Waals surface area (Å²) < 4.78 is 38.4. The SMILES string of the molecule is CC1(C)C(/C=C/C=C/C=C2/N(CCCCCC(=O)CCCNCc3ccc([N+](=O)[O-])cc3)c3ccc(S(=O)(=O)[O-])cc3C2(C)C)=[N+](CCCCCC(=O)O)c2ccccc21. The lowest BCUT2D eigenvalue weighted by Gasteiger charge is -2.27. The van der Waals surface area contributed by atoms with Gasteiger partial charge in [-0.15, -0.1) is 0 Å². The summed E-state index contributed by atoms with van der Waals surface area (Å²) in [6.45, 7) is 11.2. The molecule has 3 aromatic carbocycles. The van der Waals surface area contributed by atoms with Crippen molar-refractivity contribution >= 4 is 44.6 Å². The Morgan fingerprint density at radius 3 is 2.25 bits per heavy atom. The van der Waals surface area contributed by atoms with Crippen LogP contribution in [0, 0.1) is 10.1 Å². The molecule has 0 unspecified atom stereocenters. The summed E-state index contributed by atoms with van der Waals surface area (Å²) in [7, 11) is -4.65. The number of carboxylic acid groups (broad SMARTS) is 1. The molecule has 0 spiro atoms. The van der Waals surface area contributed by atoms with E-state index in [0.29, 0.717) is 45.3 Å². The number of carbonyl (C=O) groups excluding carboxylic acids is 1. The second kappa shape index (κ2) is 20.3. The highest BCUT2D eigenvalue weighted by molar-refractivity contribution is 7.85. The van der Waals surface area contributed by atoms with Crippen molar-refractivity contribution in [3.8, 4) is 0 Å². The molecule has 0 saturated carbocycles. The maximum atomic E-state index is 12.6. The first-order valence-electron chi connectivity index (χ1n) is 20.9. The van der Waals surface area contributed by atoms with E-state index in [4.69, 9.17) is 5.11 Å². The van der Waals surface area contributed by atoms with Gasteiger partial charge >= 0.3 is 5.97 Å². The molecule has 320 valence electrons. The van der Waals surface area contributed by atoms with E-state index in [0.717, 1.165) is 66.9 Å². The van der Waals surface area contributed by atoms with Crippen molar-refractivity contribution in [1.29, 1.82) is 0 Å². The van der Waals surface area contributed by atoms with Gasteiger partial charge in [-0.2, -0.15) is 4.58 Å². The number of para-hydroxylation sites is 1. The zero-order valence-corrected chi connectivity index (χ0v) is 36.0. The highest BCUT2D eigenvalue weighted by atomic mass is 32.2. The molecule has 0 saturated heterocycles. The van der Waals surface area contributed by atoms with Gasteiger partial charge in [0, 0.05) is 85.4 Å². The summed E-state index contributed by atoms with van der Waals surface area (Å²) in [5.74, 6) is -0.554. The lowest BCUT2D eigenvalue weighted by atomic mass is 9.81. The van der Waals surface area contributed by atoms with E-state index >= 15 is 0 Å². The second-order valence-corrected chi connectivity index (χ2v) is 18.0. The lowest BCUT2D eigenvalue weighted by Crippen LogP contribution is -2.27. The van der Waals surface area contributed by atoms with Crippen molar-refractivity contribution in [3.05, 3.63) is 130 Å². The van der Waals surface area contributed by atoms with Crippen LogP contribution in [0.25, 0.3) is 0 Å². The number of nitrogens with zero attached hydrogens (tertiary/aromatic N) is 3. The topological polar surface area (TPSA) is 173 Å². The number of unbranched alkanes of at least 4 members (excludes halogenated alkanes) is 4. The molecule has 2 heterocycles. The number of carboxylic acids is 1. The highest BCUT2D eigenvalue weighted by Gasteiger charge is 2.44. The normalized spacial score (nSPS) is 16.3. The van der Waals surface area contributed by atoms with Gasteiger partial charge in [0.1, 0.15) is 22.4 Å². The number of benzene rings is 3. The summed E-state index contributed by atoms with van der Waals surface area (Å²) >= 11 is 0. The molecule has 2 aliphatic heterocycles. The molecule has 0 aliphatic carbocycles. The van der Waals surface area contributed by atoms with Crippen LogP contribution in [0.15, 0.2) is 108 Å². The number of aliphatic carboxylic acids is 1. The molecular weight excluding hydrogens is 781 g/mol. The second-order valence-electron chi connectivity index (χ2n) is 16.6. The molecule has 60 heavy (non-hydrogen) atoms. The van der Waals surface area contributed by atoms with E-state index < -0.39 is 26.4 Å². The van der Waals surface area contributed by atoms with Gasteiger partial charge in [0.2, 0.25) is 5.69 Å². The molecule has 3 aromatic rings. The van der Waals surface area contributed by atoms with Crippen LogP contribution in [0.1, 0.15) is 109 Å². The number of hydrogen-bond acceptors (Lipinski definition) is 9. The fraction of sp³-hybridized carbons (Fsp3) is 0.426. The molecule has 0 amide bonds. The van der Waals surface area contributed by atoms with Gasteiger partial charge in [-0.1, -0.05) is 68.8 Å². The summed E-state index contributed by atoms with van der Waals surface area (Å²) in [5, 5.41) is 23.2. The van der Waals surface area contributed by atoms with Gasteiger partial charge in [-0.25, -0.2) is 8.42 Å². The first kappa shape index (κ1) is 45.8. The molecule has 0 bridgehead atoms. The van der Waals surface area contributed by atoms with Crippen LogP contribution in [0.4, 0.5) is 17.1 Å². The standard InChI is InChI=1S/C47H58N4O8S/c1-46(2)39-19-12-13-20-41(39)49(31-15-7-11-23-45(53)54)43(46)21-9-5-10-22-44-47(3,4)40-33-38(60(57,58)59)28-29-42(40)50(44)32-14-6-8-17-37(52)18-16-30-48-34-35-24-26-36(27-25-35)51(55)56/h5,9-10,12-13,19-22,24-29,33,48H,6-8,11,14-18,23,30-32,34H2,1-4H3,(H-,53,54,57,58,59). The van der Waals surface area contributed by atoms with Crippen LogP contribution in [0.3, 0.4) is 0 Å². The maximum Gasteiger partial charge on any atom is 0.303 e. The Morgan fingerprint density at radius 2 is 1.53 bits per heavy atom. The zero-order chi connectivity index (χ0) is 43.5. The van der Waals surface area contributed by atoms with Gasteiger partial charge in [0.25, 0.3) is 5.69 Å². The Hall–Kier alpha value is -5.24. The largest absolute Gasteiger partial charge is 0.744 e. The van der Waals surface area contributed by atoms with E-state index in [-0.39, 0.29) is 28.2 Å². The number of allylic oxidation sites excluding steroid dienone is 6. The Kier molecular flexibility index (Phi) is 15.5. The number of non-ortho nitro benzene ring substituents is 1. The summed E-state index contributed by atoms with van der Waals surface area (Å²) in [5.41, 5.74) is 6.37. The number of carbonyl (C=O) groups is 2. The van der Waals surface area contributed by atoms with Crippen molar-refractivity contribution < 1.29 is 37.2 Å². The smallest absolute Gasteiger partial charge is 0.303 e. The van der Waals surface area contributed by atoms with Crippen LogP contribution < -0.4 is 10.2 Å². The lowest BCUT2D eigenvalue weighted by molar-refractivity contribution is -0.438. The van der Waals surface area contributed by atoms with E-state index in [1.807, 2.05) is 44.2 Å². The summed E-state index contributed by atoms with van der Waals surface area (Å²) in [6.07, 6.45) is 16.8. The van der Waals surface area contributed by atoms with Crippen molar-refractivity contribution in [1.82, 2.24) is 5.32 Å². The Balaban J connectivity index is 1.21. The Morgan fingerprint density at radius 1 is 0.833 bits per heavy atom. The average molecular weight is 839 g/mol. The molecule has 12 nitrogen and oxygen atoms in total. The van der Waals surface area contributed by atoms with Crippen LogP contribution in [0.5, 0.6) is 0 Å². The minimum absolute atomic E-state index is 0.0580. The Labute approximate surface area is 354 Å². The fourth-order valence-corrected chi connectivity index (χ4v) is 8.78. The predicted octanol–water partition coefficient (Wildman–Crippen LogP) is 9.01. The molecule has 0 fully saturated rings. The number of nitro groups is 1. The van der Waals surface area contributed by atoms with Gasteiger partial charge in [-0.3, -0.25) is 19.7 Å². The molecule has 2 N–H and O–H groups in total. The number of hydrogen-bond donors (Lipinski definition) is 2. The third kappa shape index (κ3) is 11.5. The van der Waals surface area contributed by atoms with Crippen LogP contribution in [0.2, 0.25) is 0 Å². The van der Waals surface area contributed by atoms with Gasteiger partial charge < -0.3 is 19.9 Å². The number of fused-ring (bicyclic) bond motifs is 2. The third-order valence-corrected chi connectivity index (χ3v) is 12.4. The predicted molar refractivity (Wildman–Crippen MR) is 234 cm³/mol. The first-order chi connectivity index (χ1) is 28.5. The molecular formula is C47H58N4O8S. The molecule has 0 atom stereocenters. The number of Topliss-reactive ketones (excluding diaryl/α,β-unsaturated/α-hetero) is 1. The number of ketones is 1. The average Bonchev–Trinajstić information content (AvgIpc) is 3.54. The van der Waals surface area contributed by atoms with Gasteiger partial charge in [-0.05, 0) is 87.9 Å². The van der Waals surface area contributed by atoms with Crippen molar-refractivity contribution in [2.45, 2.75) is 114 Å². The number of rotatable bonds is 23. The van der Waals surface area contributed by atoms with Crippen LogP contribution >= 0.6 is 0 Å². The zero-order valence-electron chi connectivity index (χ0n) is 35.2. The van der Waals surface area contributed by atoms with Crippen molar-refractivity contribution in [2.75, 3.05) is 24.5 Å². The maximum absolute atomic E-state index is 12.6. The van der Waals surface area contributed by atoms with Crippen molar-refractivity contribution in [3.63, 3.8) is 0 Å². The van der Waals surface area contributed by atoms with E-state index in [1.165, 1.54) is 35.5 Å². The number of nitrogens with one attached hydrogen (secondary N) is 1. The first-order valence-corrected chi connectivity index (χ1v) is 22.3. The number of nitro benzene ring substituents is 1. The molecule has 0 radical (unpaired) electrons. The minimum Gasteiger partial charge on any atom is -0.744 e. The summed E-state index contributed by atoms with van der Waals surface area (Å²) in [4.78, 5) is 36.0. The van der Waals surface area contributed by atoms with Crippen LogP contribution in [-0.2, 0) is 37.1 Å². The van der Waals surface area contributed by atoms with Crippen molar-refractivity contribution in [2.24, 2.45) is 0 Å². The van der Waals surface area contributed by atoms with Crippen LogP contribution in [-0.4, -0.2) is 64.7 Å². The molecule has 13 heteroatoms. The van der Waals surface area contributed by atoms with E-state index in [1.54, 1.807) is 18.2 Å². The van der Waals surface area contributed by atoms with Gasteiger partial charge in [0.05, 0.1) is 15.2 Å². The molecule has 0 aromatic heterocycles. The van der Waals surface area contributed by atoms with Gasteiger partial charge in [0.15, 0.2) is 5.71 Å². The summed E-state index contributed by atoms with van der Waals surface area (Å²) in [6, 6.07) is 19.4. The molecule has 5 rings (SSSR count). The number of anilines is 1. The van der Waals surface area contributed by atoms with E-state index in [9.17, 15) is 32.7 Å². The minimum atomic E-state index is -4.65. The third-order valence-electron chi connectivity index (χ3n) is 11.6.